The summed E-state index contributed by atoms with van der Waals surface area (Å²) in [6.45, 7) is 3.63. The van der Waals surface area contributed by atoms with E-state index in [1.165, 1.54) is 6.39 Å². The van der Waals surface area contributed by atoms with E-state index in [4.69, 9.17) is 4.42 Å². The largest absolute Gasteiger partial charge is 0.411 e. The number of anilines is 1. The Balaban J connectivity index is 2.17. The van der Waals surface area contributed by atoms with Gasteiger partial charge in [-0.15, -0.1) is 5.10 Å². The number of rotatable bonds is 3. The summed E-state index contributed by atoms with van der Waals surface area (Å²) in [5.41, 5.74) is 0. The van der Waals surface area contributed by atoms with Gasteiger partial charge in [-0.25, -0.2) is 0 Å². The van der Waals surface area contributed by atoms with Gasteiger partial charge in [0.05, 0.1) is 6.04 Å². The number of aromatic nitrogens is 2. The van der Waals surface area contributed by atoms with Crippen LogP contribution in [0.3, 0.4) is 0 Å². The zero-order chi connectivity index (χ0) is 11.4. The van der Waals surface area contributed by atoms with Gasteiger partial charge in [0, 0.05) is 13.0 Å². The molecule has 0 saturated carbocycles. The molecule has 1 saturated heterocycles. The maximum atomic E-state index is 11.9. The minimum Gasteiger partial charge on any atom is -0.411 e. The first-order valence-corrected chi connectivity index (χ1v) is 5.62. The summed E-state index contributed by atoms with van der Waals surface area (Å²) in [7, 11) is 0. The molecule has 1 aromatic rings. The van der Waals surface area contributed by atoms with Crippen LogP contribution >= 0.6 is 0 Å². The molecular weight excluding hydrogens is 208 g/mol. The fourth-order valence-corrected chi connectivity index (χ4v) is 1.96. The van der Waals surface area contributed by atoms with E-state index in [0.717, 1.165) is 25.9 Å². The summed E-state index contributed by atoms with van der Waals surface area (Å²) in [5, 5.41) is 10.7. The Morgan fingerprint density at radius 2 is 2.62 bits per heavy atom. The number of piperidine rings is 1. The Hall–Kier alpha value is -1.43. The monoisotopic (exact) mass is 224 g/mol. The van der Waals surface area contributed by atoms with Gasteiger partial charge in [0.15, 0.2) is 0 Å². The van der Waals surface area contributed by atoms with Crippen molar-refractivity contribution in [2.24, 2.45) is 0 Å². The van der Waals surface area contributed by atoms with E-state index in [9.17, 15) is 4.79 Å². The van der Waals surface area contributed by atoms with Crippen molar-refractivity contribution in [3.05, 3.63) is 6.39 Å². The highest BCUT2D eigenvalue weighted by Crippen LogP contribution is 2.19. The van der Waals surface area contributed by atoms with Gasteiger partial charge in [0.25, 0.3) is 0 Å². The van der Waals surface area contributed by atoms with Crippen molar-refractivity contribution < 1.29 is 9.21 Å². The van der Waals surface area contributed by atoms with Crippen molar-refractivity contribution in [1.29, 1.82) is 0 Å². The van der Waals surface area contributed by atoms with Gasteiger partial charge in [0.1, 0.15) is 0 Å². The van der Waals surface area contributed by atoms with E-state index in [0.29, 0.717) is 12.4 Å². The van der Waals surface area contributed by atoms with Crippen LogP contribution in [0, 0.1) is 0 Å². The Morgan fingerprint density at radius 3 is 3.19 bits per heavy atom. The van der Waals surface area contributed by atoms with Crippen LogP contribution in [0.15, 0.2) is 10.8 Å². The predicted octanol–water partition coefficient (Wildman–Crippen LogP) is 0.565. The van der Waals surface area contributed by atoms with Crippen LogP contribution in [0.4, 0.5) is 6.01 Å². The molecule has 1 amide bonds. The van der Waals surface area contributed by atoms with Crippen LogP contribution in [0.2, 0.25) is 0 Å². The van der Waals surface area contributed by atoms with Crippen LogP contribution < -0.4 is 10.2 Å². The maximum absolute atomic E-state index is 11.9. The van der Waals surface area contributed by atoms with Gasteiger partial charge in [-0.2, -0.15) is 0 Å². The molecule has 0 spiro atoms. The van der Waals surface area contributed by atoms with Gasteiger partial charge >= 0.3 is 6.01 Å². The molecule has 0 aromatic carbocycles. The number of hydrogen-bond donors (Lipinski definition) is 1. The van der Waals surface area contributed by atoms with Gasteiger partial charge in [0.2, 0.25) is 12.3 Å². The molecule has 1 aromatic heterocycles. The third-order valence-corrected chi connectivity index (χ3v) is 2.76. The lowest BCUT2D eigenvalue weighted by molar-refractivity contribution is -0.119. The third-order valence-electron chi connectivity index (χ3n) is 2.76. The van der Waals surface area contributed by atoms with Gasteiger partial charge in [-0.1, -0.05) is 12.0 Å². The van der Waals surface area contributed by atoms with Crippen LogP contribution in [0.5, 0.6) is 0 Å². The van der Waals surface area contributed by atoms with Crippen molar-refractivity contribution in [2.45, 2.75) is 32.2 Å². The molecule has 88 valence electrons. The van der Waals surface area contributed by atoms with Gasteiger partial charge in [-0.05, 0) is 19.4 Å². The molecule has 1 N–H and O–H groups in total. The SMILES string of the molecule is CCC(=O)N(c1nnco1)C1CCCNC1. The lowest BCUT2D eigenvalue weighted by Crippen LogP contribution is -2.49. The molecule has 2 rings (SSSR count). The summed E-state index contributed by atoms with van der Waals surface area (Å²) in [4.78, 5) is 13.5. The van der Waals surface area contributed by atoms with E-state index in [-0.39, 0.29) is 11.9 Å². The second-order valence-corrected chi connectivity index (χ2v) is 3.84. The summed E-state index contributed by atoms with van der Waals surface area (Å²) >= 11 is 0. The highest BCUT2D eigenvalue weighted by molar-refractivity contribution is 5.91. The first-order valence-electron chi connectivity index (χ1n) is 5.62. The molecule has 0 radical (unpaired) electrons. The Kier molecular flexibility index (Phi) is 3.51. The van der Waals surface area contributed by atoms with Crippen molar-refractivity contribution in [3.63, 3.8) is 0 Å². The predicted molar refractivity (Wildman–Crippen MR) is 58.0 cm³/mol. The standard InChI is InChI=1S/C10H16N4O2/c1-2-9(15)14(10-13-12-7-16-10)8-4-3-5-11-6-8/h7-8,11H,2-6H2,1H3. The molecule has 1 unspecified atom stereocenters. The minimum absolute atomic E-state index is 0.0259. The molecule has 1 atom stereocenters. The molecule has 0 bridgehead atoms. The quantitative estimate of drug-likeness (QED) is 0.812. The number of nitrogens with one attached hydrogen (secondary N) is 1. The summed E-state index contributed by atoms with van der Waals surface area (Å²) in [6.07, 6.45) is 3.73. The average molecular weight is 224 g/mol. The first-order chi connectivity index (χ1) is 7.83. The van der Waals surface area contributed by atoms with Crippen molar-refractivity contribution in [2.75, 3.05) is 18.0 Å². The molecule has 1 aliphatic heterocycles. The number of carbonyl (C=O) groups is 1. The first kappa shape index (κ1) is 11.1. The zero-order valence-corrected chi connectivity index (χ0v) is 9.35. The highest BCUT2D eigenvalue weighted by Gasteiger charge is 2.28. The summed E-state index contributed by atoms with van der Waals surface area (Å²) in [6, 6.07) is 0.433. The Morgan fingerprint density at radius 1 is 1.75 bits per heavy atom. The lowest BCUT2D eigenvalue weighted by Gasteiger charge is -2.31. The second kappa shape index (κ2) is 5.07. The molecule has 1 aliphatic rings. The molecule has 6 heteroatoms. The Labute approximate surface area is 94.0 Å². The van der Waals surface area contributed by atoms with Crippen LogP contribution in [-0.4, -0.2) is 35.2 Å². The van der Waals surface area contributed by atoms with Crippen LogP contribution in [-0.2, 0) is 4.79 Å². The maximum Gasteiger partial charge on any atom is 0.325 e. The van der Waals surface area contributed by atoms with Crippen molar-refractivity contribution >= 4 is 11.9 Å². The normalized spacial score (nSPS) is 20.7. The molecule has 1 fully saturated rings. The van der Waals surface area contributed by atoms with E-state index in [1.807, 2.05) is 6.92 Å². The van der Waals surface area contributed by atoms with Gasteiger partial charge in [-0.3, -0.25) is 9.69 Å². The van der Waals surface area contributed by atoms with Crippen LogP contribution in [0.1, 0.15) is 26.2 Å². The van der Waals surface area contributed by atoms with Crippen molar-refractivity contribution in [3.8, 4) is 0 Å². The smallest absolute Gasteiger partial charge is 0.325 e. The topological polar surface area (TPSA) is 71.3 Å². The van der Waals surface area contributed by atoms with E-state index in [2.05, 4.69) is 15.5 Å². The molecule has 6 nitrogen and oxygen atoms in total. The average Bonchev–Trinajstić information content (AvgIpc) is 2.84. The number of carbonyl (C=O) groups excluding carboxylic acids is 1. The van der Waals surface area contributed by atoms with E-state index < -0.39 is 0 Å². The molecule has 2 heterocycles. The Bertz CT molecular complexity index is 333. The second-order valence-electron chi connectivity index (χ2n) is 3.84. The zero-order valence-electron chi connectivity index (χ0n) is 9.35. The van der Waals surface area contributed by atoms with Crippen molar-refractivity contribution in [1.82, 2.24) is 15.5 Å². The molecular formula is C10H16N4O2. The van der Waals surface area contributed by atoms with E-state index in [1.54, 1.807) is 4.90 Å². The third kappa shape index (κ3) is 2.21. The van der Waals surface area contributed by atoms with Crippen LogP contribution in [0.25, 0.3) is 0 Å². The number of amides is 1. The fourth-order valence-electron chi connectivity index (χ4n) is 1.96. The minimum atomic E-state index is 0.0259. The van der Waals surface area contributed by atoms with E-state index >= 15 is 0 Å². The summed E-state index contributed by atoms with van der Waals surface area (Å²) in [5.74, 6) is 0.0259. The summed E-state index contributed by atoms with van der Waals surface area (Å²) < 4.78 is 5.13. The lowest BCUT2D eigenvalue weighted by atomic mass is 10.1. The fraction of sp³-hybridized carbons (Fsp3) is 0.700. The number of hydrogen-bond acceptors (Lipinski definition) is 5. The molecule has 16 heavy (non-hydrogen) atoms. The molecule has 0 aliphatic carbocycles. The number of nitrogens with zero attached hydrogens (tertiary/aromatic N) is 3. The highest BCUT2D eigenvalue weighted by atomic mass is 16.4. The van der Waals surface area contributed by atoms with Gasteiger partial charge < -0.3 is 9.73 Å².